The Kier molecular flexibility index (Phi) is 6.85. The molecule has 2 N–H and O–H groups in total. The number of benzene rings is 2. The van der Waals surface area contributed by atoms with Crippen LogP contribution in [-0.4, -0.2) is 28.0 Å². The molecule has 0 radical (unpaired) electrons. The van der Waals surface area contributed by atoms with Gasteiger partial charge in [-0.15, -0.1) is 0 Å². The summed E-state index contributed by atoms with van der Waals surface area (Å²) in [5, 5.41) is 2.76. The summed E-state index contributed by atoms with van der Waals surface area (Å²) in [5.41, 5.74) is 1.33. The van der Waals surface area contributed by atoms with Crippen molar-refractivity contribution in [3.63, 3.8) is 0 Å². The average Bonchev–Trinajstić information content (AvgIpc) is 2.65. The fourth-order valence-corrected chi connectivity index (χ4v) is 3.75. The summed E-state index contributed by atoms with van der Waals surface area (Å²) >= 11 is 0. The summed E-state index contributed by atoms with van der Waals surface area (Å²) in [7, 11) is -2.30. The molecule has 0 aromatic heterocycles. The van der Waals surface area contributed by atoms with Crippen LogP contribution in [0.4, 0.5) is 5.69 Å². The molecule has 6 nitrogen and oxygen atoms in total. The lowest BCUT2D eigenvalue weighted by Crippen LogP contribution is -2.25. The molecular formula is C20H26N2O4S. The highest BCUT2D eigenvalue weighted by molar-refractivity contribution is 7.92. The van der Waals surface area contributed by atoms with E-state index in [-0.39, 0.29) is 28.0 Å². The summed E-state index contributed by atoms with van der Waals surface area (Å²) in [6.45, 7) is 6.41. The number of para-hydroxylation sites is 1. The van der Waals surface area contributed by atoms with E-state index in [4.69, 9.17) is 4.74 Å². The molecule has 0 saturated carbocycles. The third-order valence-electron chi connectivity index (χ3n) is 4.09. The average molecular weight is 391 g/mol. The quantitative estimate of drug-likeness (QED) is 0.719. The van der Waals surface area contributed by atoms with E-state index in [1.807, 2.05) is 20.8 Å². The molecule has 0 spiro atoms. The molecule has 27 heavy (non-hydrogen) atoms. The summed E-state index contributed by atoms with van der Waals surface area (Å²) in [5.74, 6) is 0.429. The number of rotatable bonds is 8. The number of nitrogens with one attached hydrogen (secondary N) is 2. The number of methoxy groups -OCH3 is 1. The molecule has 0 fully saturated rings. The number of hydrogen-bond acceptors (Lipinski definition) is 4. The molecular weight excluding hydrogens is 364 g/mol. The van der Waals surface area contributed by atoms with Gasteiger partial charge in [0.15, 0.2) is 0 Å². The fraction of sp³-hybridized carbons (Fsp3) is 0.350. The Labute approximate surface area is 161 Å². The minimum atomic E-state index is -3.86. The Morgan fingerprint density at radius 3 is 2.48 bits per heavy atom. The zero-order chi connectivity index (χ0) is 20.0. The lowest BCUT2D eigenvalue weighted by Gasteiger charge is -2.16. The van der Waals surface area contributed by atoms with Crippen molar-refractivity contribution in [3.05, 3.63) is 53.6 Å². The van der Waals surface area contributed by atoms with Gasteiger partial charge in [-0.1, -0.05) is 32.9 Å². The van der Waals surface area contributed by atoms with Crippen LogP contribution in [0.25, 0.3) is 0 Å². The van der Waals surface area contributed by atoms with Crippen molar-refractivity contribution in [2.24, 2.45) is 0 Å². The summed E-state index contributed by atoms with van der Waals surface area (Å²) in [4.78, 5) is 12.4. The van der Waals surface area contributed by atoms with Gasteiger partial charge in [0.25, 0.3) is 15.9 Å². The van der Waals surface area contributed by atoms with Crippen molar-refractivity contribution in [2.45, 2.75) is 38.0 Å². The van der Waals surface area contributed by atoms with E-state index < -0.39 is 10.0 Å². The number of ether oxygens (including phenoxy) is 1. The minimum Gasteiger partial charge on any atom is -0.496 e. The second-order valence-electron chi connectivity index (χ2n) is 6.47. The second kappa shape index (κ2) is 8.90. The van der Waals surface area contributed by atoms with Crippen molar-refractivity contribution in [1.29, 1.82) is 0 Å². The molecule has 0 aliphatic rings. The number of hydrogen-bond donors (Lipinski definition) is 2. The number of carbonyl (C=O) groups excluding carboxylic acids is 1. The van der Waals surface area contributed by atoms with Gasteiger partial charge in [-0.2, -0.15) is 0 Å². The molecule has 146 valence electrons. The van der Waals surface area contributed by atoms with Crippen molar-refractivity contribution in [1.82, 2.24) is 5.32 Å². The van der Waals surface area contributed by atoms with E-state index in [0.717, 1.165) is 12.0 Å². The maximum absolute atomic E-state index is 12.9. The zero-order valence-electron chi connectivity index (χ0n) is 16.1. The van der Waals surface area contributed by atoms with Crippen LogP contribution in [0.1, 0.15) is 49.0 Å². The topological polar surface area (TPSA) is 84.5 Å². The van der Waals surface area contributed by atoms with Gasteiger partial charge in [0.2, 0.25) is 0 Å². The number of carbonyl (C=O) groups is 1. The smallest absolute Gasteiger partial charge is 0.261 e. The van der Waals surface area contributed by atoms with Gasteiger partial charge in [0.05, 0.1) is 23.3 Å². The summed E-state index contributed by atoms with van der Waals surface area (Å²) in [6, 6.07) is 11.3. The first kappa shape index (κ1) is 20.8. The maximum Gasteiger partial charge on any atom is 0.261 e. The largest absolute Gasteiger partial charge is 0.496 e. The van der Waals surface area contributed by atoms with Gasteiger partial charge in [-0.25, -0.2) is 8.42 Å². The normalized spacial score (nSPS) is 11.3. The Balaban J connectivity index is 2.38. The van der Waals surface area contributed by atoms with Crippen LogP contribution in [-0.2, 0) is 10.0 Å². The lowest BCUT2D eigenvalue weighted by molar-refractivity contribution is 0.0954. The molecule has 0 heterocycles. The maximum atomic E-state index is 12.9. The molecule has 0 atom stereocenters. The summed E-state index contributed by atoms with van der Waals surface area (Å²) < 4.78 is 33.6. The van der Waals surface area contributed by atoms with E-state index >= 15 is 0 Å². The highest BCUT2D eigenvalue weighted by Crippen LogP contribution is 2.30. The Morgan fingerprint density at radius 1 is 1.15 bits per heavy atom. The second-order valence-corrected chi connectivity index (χ2v) is 8.15. The third kappa shape index (κ3) is 5.01. The predicted octanol–water partition coefficient (Wildman–Crippen LogP) is 3.76. The van der Waals surface area contributed by atoms with Gasteiger partial charge in [0.1, 0.15) is 5.75 Å². The monoisotopic (exact) mass is 390 g/mol. The first-order valence-electron chi connectivity index (χ1n) is 8.88. The first-order chi connectivity index (χ1) is 12.8. The van der Waals surface area contributed by atoms with Gasteiger partial charge < -0.3 is 10.1 Å². The van der Waals surface area contributed by atoms with Gasteiger partial charge >= 0.3 is 0 Å². The number of anilines is 1. The Morgan fingerprint density at radius 2 is 1.85 bits per heavy atom. The highest BCUT2D eigenvalue weighted by atomic mass is 32.2. The van der Waals surface area contributed by atoms with Gasteiger partial charge in [-0.05, 0) is 48.2 Å². The molecule has 0 unspecified atom stereocenters. The molecule has 0 aliphatic carbocycles. The highest BCUT2D eigenvalue weighted by Gasteiger charge is 2.20. The molecule has 0 aliphatic heterocycles. The molecule has 0 saturated heterocycles. The van der Waals surface area contributed by atoms with Gasteiger partial charge in [-0.3, -0.25) is 9.52 Å². The lowest BCUT2D eigenvalue weighted by atomic mass is 10.0. The summed E-state index contributed by atoms with van der Waals surface area (Å²) in [6.07, 6.45) is 0.795. The fourth-order valence-electron chi connectivity index (χ4n) is 2.64. The molecule has 1 amide bonds. The van der Waals surface area contributed by atoms with Crippen LogP contribution in [0.3, 0.4) is 0 Å². The van der Waals surface area contributed by atoms with Gasteiger partial charge in [0, 0.05) is 6.54 Å². The SMILES string of the molecule is CCCNC(=O)c1ccccc1NS(=O)(=O)c1ccc(OC)c(C(C)C)c1. The van der Waals surface area contributed by atoms with Crippen LogP contribution in [0.2, 0.25) is 0 Å². The van der Waals surface area contributed by atoms with Crippen LogP contribution in [0.15, 0.2) is 47.4 Å². The van der Waals surface area contributed by atoms with E-state index in [1.165, 1.54) is 6.07 Å². The van der Waals surface area contributed by atoms with Crippen molar-refractivity contribution >= 4 is 21.6 Å². The molecule has 0 bridgehead atoms. The molecule has 7 heteroatoms. The van der Waals surface area contributed by atoms with E-state index in [1.54, 1.807) is 43.5 Å². The number of amides is 1. The van der Waals surface area contributed by atoms with Crippen molar-refractivity contribution in [3.8, 4) is 5.75 Å². The Hall–Kier alpha value is -2.54. The predicted molar refractivity (Wildman–Crippen MR) is 107 cm³/mol. The zero-order valence-corrected chi connectivity index (χ0v) is 16.9. The first-order valence-corrected chi connectivity index (χ1v) is 10.4. The van der Waals surface area contributed by atoms with Crippen molar-refractivity contribution in [2.75, 3.05) is 18.4 Å². The van der Waals surface area contributed by atoms with Crippen LogP contribution >= 0.6 is 0 Å². The van der Waals surface area contributed by atoms with Crippen molar-refractivity contribution < 1.29 is 17.9 Å². The van der Waals surface area contributed by atoms with E-state index in [0.29, 0.717) is 12.3 Å². The van der Waals surface area contributed by atoms with Crippen LogP contribution < -0.4 is 14.8 Å². The standard InChI is InChI=1S/C20H26N2O4S/c1-5-12-21-20(23)16-8-6-7-9-18(16)22-27(24,25)15-10-11-19(26-4)17(13-15)14(2)3/h6-11,13-14,22H,5,12H2,1-4H3,(H,21,23). The minimum absolute atomic E-state index is 0.0993. The number of sulfonamides is 1. The Bertz CT molecular complexity index is 908. The van der Waals surface area contributed by atoms with E-state index in [2.05, 4.69) is 10.0 Å². The molecule has 2 aromatic carbocycles. The van der Waals surface area contributed by atoms with Crippen LogP contribution in [0, 0.1) is 0 Å². The van der Waals surface area contributed by atoms with E-state index in [9.17, 15) is 13.2 Å². The van der Waals surface area contributed by atoms with Crippen LogP contribution in [0.5, 0.6) is 5.75 Å². The molecule has 2 aromatic rings. The molecule has 2 rings (SSSR count). The third-order valence-corrected chi connectivity index (χ3v) is 5.45.